The molecule has 0 bridgehead atoms. The number of carbonyl (C=O) groups excluding carboxylic acids is 1. The number of amides is 1. The van der Waals surface area contributed by atoms with Crippen molar-refractivity contribution in [3.8, 4) is 11.5 Å². The quantitative estimate of drug-likeness (QED) is 0.911. The molecule has 1 atom stereocenters. The van der Waals surface area contributed by atoms with E-state index < -0.39 is 0 Å². The lowest BCUT2D eigenvalue weighted by Crippen LogP contribution is -2.44. The number of nitrogens with zero attached hydrogens (tertiary/aromatic N) is 1. The molecule has 1 aliphatic carbocycles. The number of benzene rings is 2. The maximum atomic E-state index is 13.1. The molecule has 1 amide bonds. The van der Waals surface area contributed by atoms with E-state index in [9.17, 15) is 4.79 Å². The molecule has 5 nitrogen and oxygen atoms in total. The van der Waals surface area contributed by atoms with Crippen LogP contribution in [0.5, 0.6) is 11.5 Å². The number of carbonyl (C=O) groups is 1. The van der Waals surface area contributed by atoms with E-state index in [2.05, 4.69) is 5.32 Å². The van der Waals surface area contributed by atoms with Gasteiger partial charge in [-0.3, -0.25) is 4.79 Å². The highest BCUT2D eigenvalue weighted by atomic mass is 16.5. The Labute approximate surface area is 146 Å². The smallest absolute Gasteiger partial charge is 0.258 e. The first-order chi connectivity index (χ1) is 12.3. The van der Waals surface area contributed by atoms with E-state index in [0.29, 0.717) is 19.3 Å². The van der Waals surface area contributed by atoms with Crippen molar-refractivity contribution in [2.45, 2.75) is 31.5 Å². The normalized spacial score (nSPS) is 22.0. The molecule has 0 saturated heterocycles. The van der Waals surface area contributed by atoms with Gasteiger partial charge in [-0.15, -0.1) is 0 Å². The van der Waals surface area contributed by atoms with Crippen molar-refractivity contribution in [2.75, 3.05) is 18.5 Å². The van der Waals surface area contributed by atoms with E-state index in [1.807, 2.05) is 47.4 Å². The second-order valence-corrected chi connectivity index (χ2v) is 6.76. The lowest BCUT2D eigenvalue weighted by Gasteiger charge is -2.39. The predicted octanol–water partition coefficient (Wildman–Crippen LogP) is 3.58. The Balaban J connectivity index is 1.62. The maximum Gasteiger partial charge on any atom is 0.258 e. The number of hydrogen-bond donors (Lipinski definition) is 1. The topological polar surface area (TPSA) is 50.8 Å². The van der Waals surface area contributed by atoms with Gasteiger partial charge in [0, 0.05) is 23.7 Å². The molecule has 5 rings (SSSR count). The fraction of sp³-hybridized carbons (Fsp3) is 0.350. The zero-order valence-corrected chi connectivity index (χ0v) is 13.9. The molecule has 1 N–H and O–H groups in total. The molecule has 128 valence electrons. The van der Waals surface area contributed by atoms with E-state index in [1.54, 1.807) is 0 Å². The van der Waals surface area contributed by atoms with Crippen LogP contribution in [0.15, 0.2) is 42.5 Å². The summed E-state index contributed by atoms with van der Waals surface area (Å²) in [5, 5.41) is 3.56. The number of anilines is 1. The summed E-state index contributed by atoms with van der Waals surface area (Å²) in [7, 11) is 0. The molecule has 25 heavy (non-hydrogen) atoms. The van der Waals surface area contributed by atoms with Crippen LogP contribution in [0.2, 0.25) is 0 Å². The van der Waals surface area contributed by atoms with Crippen LogP contribution in [-0.4, -0.2) is 30.1 Å². The van der Waals surface area contributed by atoms with E-state index >= 15 is 0 Å². The Hall–Kier alpha value is -2.69. The van der Waals surface area contributed by atoms with Gasteiger partial charge in [-0.25, -0.2) is 0 Å². The van der Waals surface area contributed by atoms with Crippen LogP contribution < -0.4 is 14.8 Å². The highest BCUT2D eigenvalue weighted by Crippen LogP contribution is 2.45. The summed E-state index contributed by atoms with van der Waals surface area (Å²) in [5.74, 6) is 1.61. The summed E-state index contributed by atoms with van der Waals surface area (Å²) in [6, 6.07) is 13.9. The number of nitrogens with one attached hydrogen (secondary N) is 1. The third-order valence-electron chi connectivity index (χ3n) is 5.00. The molecular formula is C20H20N2O3. The summed E-state index contributed by atoms with van der Waals surface area (Å²) < 4.78 is 11.8. The third kappa shape index (κ3) is 2.42. The summed E-state index contributed by atoms with van der Waals surface area (Å²) in [6.45, 7) is 1.29. The van der Waals surface area contributed by atoms with Gasteiger partial charge in [-0.05, 0) is 31.0 Å². The minimum atomic E-state index is -0.230. The summed E-state index contributed by atoms with van der Waals surface area (Å²) in [6.07, 6.45) is 2.74. The predicted molar refractivity (Wildman–Crippen MR) is 94.0 cm³/mol. The Morgan fingerprint density at radius 2 is 1.84 bits per heavy atom. The molecule has 5 heteroatoms. The van der Waals surface area contributed by atoms with Crippen LogP contribution >= 0.6 is 0 Å². The van der Waals surface area contributed by atoms with E-state index in [-0.39, 0.29) is 12.1 Å². The Morgan fingerprint density at radius 3 is 2.72 bits per heavy atom. The molecule has 0 radical (unpaired) electrons. The minimum absolute atomic E-state index is 0.0917. The van der Waals surface area contributed by atoms with Crippen molar-refractivity contribution in [2.24, 2.45) is 0 Å². The molecule has 3 aliphatic rings. The summed E-state index contributed by atoms with van der Waals surface area (Å²) in [4.78, 5) is 15.1. The number of hydrogen-bond acceptors (Lipinski definition) is 4. The first-order valence-electron chi connectivity index (χ1n) is 8.89. The van der Waals surface area contributed by atoms with Gasteiger partial charge in [0.1, 0.15) is 6.17 Å². The van der Waals surface area contributed by atoms with Crippen molar-refractivity contribution in [3.63, 3.8) is 0 Å². The molecule has 1 fully saturated rings. The van der Waals surface area contributed by atoms with Gasteiger partial charge in [-0.1, -0.05) is 24.3 Å². The zero-order valence-electron chi connectivity index (χ0n) is 13.9. The van der Waals surface area contributed by atoms with Gasteiger partial charge < -0.3 is 19.7 Å². The lowest BCUT2D eigenvalue weighted by molar-refractivity contribution is 0.0663. The molecule has 0 spiro atoms. The van der Waals surface area contributed by atoms with E-state index in [4.69, 9.17) is 9.47 Å². The average molecular weight is 336 g/mol. The molecule has 0 unspecified atom stereocenters. The maximum absolute atomic E-state index is 13.1. The van der Waals surface area contributed by atoms with E-state index in [0.717, 1.165) is 47.6 Å². The molecule has 2 aliphatic heterocycles. The van der Waals surface area contributed by atoms with Crippen LogP contribution in [0.3, 0.4) is 0 Å². The monoisotopic (exact) mass is 336 g/mol. The first kappa shape index (κ1) is 14.6. The molecular weight excluding hydrogens is 316 g/mol. The van der Waals surface area contributed by atoms with Crippen molar-refractivity contribution in [3.05, 3.63) is 53.6 Å². The van der Waals surface area contributed by atoms with Gasteiger partial charge in [0.25, 0.3) is 5.91 Å². The molecule has 2 aromatic rings. The van der Waals surface area contributed by atoms with Crippen LogP contribution in [0.4, 0.5) is 5.69 Å². The number of para-hydroxylation sites is 2. The fourth-order valence-electron chi connectivity index (χ4n) is 3.66. The number of fused-ring (bicyclic) bond motifs is 2. The van der Waals surface area contributed by atoms with Crippen molar-refractivity contribution in [1.29, 1.82) is 0 Å². The van der Waals surface area contributed by atoms with Gasteiger partial charge in [0.2, 0.25) is 0 Å². The Kier molecular flexibility index (Phi) is 3.33. The van der Waals surface area contributed by atoms with Gasteiger partial charge in [0.05, 0.1) is 18.8 Å². The molecule has 2 aromatic carbocycles. The molecule has 2 heterocycles. The van der Waals surface area contributed by atoms with Crippen molar-refractivity contribution < 1.29 is 14.3 Å². The van der Waals surface area contributed by atoms with Gasteiger partial charge in [-0.2, -0.15) is 0 Å². The fourth-order valence-corrected chi connectivity index (χ4v) is 3.66. The Bertz CT molecular complexity index is 831. The van der Waals surface area contributed by atoms with Crippen molar-refractivity contribution >= 4 is 11.6 Å². The second-order valence-electron chi connectivity index (χ2n) is 6.76. The van der Waals surface area contributed by atoms with Crippen LogP contribution in [-0.2, 0) is 0 Å². The van der Waals surface area contributed by atoms with Crippen LogP contribution in [0, 0.1) is 0 Å². The highest BCUT2D eigenvalue weighted by molar-refractivity contribution is 6.02. The van der Waals surface area contributed by atoms with Gasteiger partial charge >= 0.3 is 0 Å². The summed E-state index contributed by atoms with van der Waals surface area (Å²) >= 11 is 0. The standard InChI is InChI=1S/C20H20N2O3/c23-20-14-5-1-2-7-16(14)21-19(22(20)13-9-10-13)15-6-3-8-17-18(15)25-12-4-11-24-17/h1-3,5-8,13,19,21H,4,9-12H2/t19-/m0/s1. The van der Waals surface area contributed by atoms with Crippen molar-refractivity contribution in [1.82, 2.24) is 4.90 Å². The average Bonchev–Trinajstić information content (AvgIpc) is 3.48. The minimum Gasteiger partial charge on any atom is -0.490 e. The zero-order chi connectivity index (χ0) is 16.8. The van der Waals surface area contributed by atoms with Crippen LogP contribution in [0.1, 0.15) is 41.3 Å². The first-order valence-corrected chi connectivity index (χ1v) is 8.89. The number of ether oxygens (including phenoxy) is 2. The highest BCUT2D eigenvalue weighted by Gasteiger charge is 2.43. The molecule has 1 saturated carbocycles. The largest absolute Gasteiger partial charge is 0.490 e. The SMILES string of the molecule is O=C1c2ccccc2N[C@H](c2cccc3c2OCCCO3)N1C1CC1. The third-order valence-corrected chi connectivity index (χ3v) is 5.00. The lowest BCUT2D eigenvalue weighted by atomic mass is 10.0. The summed E-state index contributed by atoms with van der Waals surface area (Å²) in [5.41, 5.74) is 2.58. The van der Waals surface area contributed by atoms with E-state index in [1.165, 1.54) is 0 Å². The van der Waals surface area contributed by atoms with Crippen LogP contribution in [0.25, 0.3) is 0 Å². The molecule has 0 aromatic heterocycles. The number of rotatable bonds is 2. The second kappa shape index (κ2) is 5.69. The Morgan fingerprint density at radius 1 is 1.00 bits per heavy atom. The van der Waals surface area contributed by atoms with Gasteiger partial charge in [0.15, 0.2) is 11.5 Å².